The Labute approximate surface area is 138 Å². The Hall–Kier alpha value is -3.13. The molecule has 1 aliphatic carbocycles. The first kappa shape index (κ1) is 12.3. The maximum atomic E-state index is 6.08. The zero-order valence-corrected chi connectivity index (χ0v) is 12.9. The number of nitrogens with zero attached hydrogens (tertiary/aromatic N) is 1. The molecule has 0 spiro atoms. The van der Waals surface area contributed by atoms with Gasteiger partial charge in [-0.25, -0.2) is 4.98 Å². The van der Waals surface area contributed by atoms with Crippen molar-refractivity contribution >= 4 is 32.8 Å². The number of fused-ring (bicyclic) bond motifs is 3. The Kier molecular flexibility index (Phi) is 2.17. The van der Waals surface area contributed by atoms with Crippen molar-refractivity contribution in [1.82, 2.24) is 4.98 Å². The van der Waals surface area contributed by atoms with E-state index in [0.717, 1.165) is 28.8 Å². The summed E-state index contributed by atoms with van der Waals surface area (Å²) in [5.41, 5.74) is 7.80. The lowest BCUT2D eigenvalue weighted by Gasteiger charge is -2.09. The van der Waals surface area contributed by atoms with Crippen molar-refractivity contribution in [3.63, 3.8) is 0 Å². The zero-order chi connectivity index (χ0) is 15.7. The molecule has 1 aliphatic rings. The molecule has 0 radical (unpaired) electrons. The zero-order valence-electron chi connectivity index (χ0n) is 12.9. The Morgan fingerprint density at radius 2 is 1.58 bits per heavy atom. The van der Waals surface area contributed by atoms with Gasteiger partial charge < -0.3 is 4.42 Å². The maximum absolute atomic E-state index is 6.08. The summed E-state index contributed by atoms with van der Waals surface area (Å²) < 4.78 is 6.08. The van der Waals surface area contributed by atoms with Crippen molar-refractivity contribution in [3.8, 4) is 11.3 Å². The van der Waals surface area contributed by atoms with Gasteiger partial charge in [-0.3, -0.25) is 0 Å². The average Bonchev–Trinajstić information content (AvgIpc) is 2.94. The third-order valence-electron chi connectivity index (χ3n) is 5.05. The van der Waals surface area contributed by atoms with E-state index in [1.807, 2.05) is 6.07 Å². The molecule has 2 nitrogen and oxygen atoms in total. The molecule has 2 heteroatoms. The van der Waals surface area contributed by atoms with Crippen LogP contribution in [0.4, 0.5) is 0 Å². The smallest absolute Gasteiger partial charge is 0.136 e. The first-order valence-corrected chi connectivity index (χ1v) is 8.21. The number of hydrogen-bond donors (Lipinski definition) is 0. The monoisotopic (exact) mass is 307 g/mol. The predicted molar refractivity (Wildman–Crippen MR) is 97.3 cm³/mol. The van der Waals surface area contributed by atoms with E-state index in [1.165, 1.54) is 32.8 Å². The average molecular weight is 307 g/mol. The van der Waals surface area contributed by atoms with E-state index in [9.17, 15) is 0 Å². The number of para-hydroxylation sites is 1. The minimum absolute atomic E-state index is 0.883. The number of benzene rings is 3. The summed E-state index contributed by atoms with van der Waals surface area (Å²) in [7, 11) is 0. The predicted octanol–water partition coefficient (Wildman–Crippen LogP) is 5.71. The highest BCUT2D eigenvalue weighted by atomic mass is 16.3. The third-order valence-corrected chi connectivity index (χ3v) is 5.05. The highest BCUT2D eigenvalue weighted by Gasteiger charge is 2.22. The van der Waals surface area contributed by atoms with E-state index in [0.29, 0.717) is 0 Å². The minimum atomic E-state index is 0.883. The molecule has 0 N–H and O–H groups in total. The second-order valence-electron chi connectivity index (χ2n) is 6.44. The highest BCUT2D eigenvalue weighted by molar-refractivity contribution is 6.14. The summed E-state index contributed by atoms with van der Waals surface area (Å²) in [6.07, 6.45) is 0.883. The standard InChI is InChI=1S/C22H13NO/c1-2-8-17-13(5-1)11-15-12-14-6-3-9-18-20(14)21-16(22(15)23-17)7-4-10-19(21)24-18/h1-11H,12H2. The molecule has 2 heterocycles. The van der Waals surface area contributed by atoms with E-state index in [4.69, 9.17) is 9.40 Å². The molecule has 3 aromatic carbocycles. The van der Waals surface area contributed by atoms with Crippen LogP contribution in [0.3, 0.4) is 0 Å². The van der Waals surface area contributed by atoms with Gasteiger partial charge >= 0.3 is 0 Å². The summed E-state index contributed by atoms with van der Waals surface area (Å²) in [6, 6.07) is 23.3. The molecule has 0 unspecified atom stereocenters. The number of furan rings is 1. The molecule has 2 aromatic heterocycles. The first-order chi connectivity index (χ1) is 11.9. The fourth-order valence-electron chi connectivity index (χ4n) is 4.02. The molecular formula is C22H13NO. The molecule has 24 heavy (non-hydrogen) atoms. The van der Waals surface area contributed by atoms with E-state index < -0.39 is 0 Å². The van der Waals surface area contributed by atoms with Crippen LogP contribution in [0.15, 0.2) is 71.1 Å². The Balaban J connectivity index is 1.86. The SMILES string of the molecule is c1ccc2nc3c(cc2c1)Cc1cccc2oc4cccc-3c4c12. The van der Waals surface area contributed by atoms with Crippen LogP contribution >= 0.6 is 0 Å². The van der Waals surface area contributed by atoms with E-state index in [-0.39, 0.29) is 0 Å². The lowest BCUT2D eigenvalue weighted by molar-refractivity contribution is 0.668. The van der Waals surface area contributed by atoms with Crippen LogP contribution in [0, 0.1) is 0 Å². The van der Waals surface area contributed by atoms with Crippen LogP contribution in [0.2, 0.25) is 0 Å². The Morgan fingerprint density at radius 3 is 2.54 bits per heavy atom. The van der Waals surface area contributed by atoms with Crippen LogP contribution in [0.25, 0.3) is 44.1 Å². The molecule has 0 bridgehead atoms. The van der Waals surface area contributed by atoms with E-state index >= 15 is 0 Å². The van der Waals surface area contributed by atoms with Gasteiger partial charge in [0.15, 0.2) is 0 Å². The van der Waals surface area contributed by atoms with Crippen molar-refractivity contribution in [1.29, 1.82) is 0 Å². The molecule has 0 atom stereocenters. The van der Waals surface area contributed by atoms with Crippen LogP contribution < -0.4 is 0 Å². The van der Waals surface area contributed by atoms with Gasteiger partial charge in [-0.15, -0.1) is 0 Å². The van der Waals surface area contributed by atoms with Crippen LogP contribution in [0.5, 0.6) is 0 Å². The van der Waals surface area contributed by atoms with Gasteiger partial charge in [0.2, 0.25) is 0 Å². The van der Waals surface area contributed by atoms with Crippen LogP contribution in [0.1, 0.15) is 11.1 Å². The fourth-order valence-corrected chi connectivity index (χ4v) is 4.02. The minimum Gasteiger partial charge on any atom is -0.456 e. The summed E-state index contributed by atoms with van der Waals surface area (Å²) in [4.78, 5) is 5.01. The van der Waals surface area contributed by atoms with Gasteiger partial charge in [-0.1, -0.05) is 42.5 Å². The number of rotatable bonds is 0. The maximum Gasteiger partial charge on any atom is 0.136 e. The molecule has 0 amide bonds. The van der Waals surface area contributed by atoms with Crippen molar-refractivity contribution in [2.75, 3.05) is 0 Å². The van der Waals surface area contributed by atoms with Gasteiger partial charge in [0.1, 0.15) is 11.2 Å². The van der Waals surface area contributed by atoms with Crippen molar-refractivity contribution in [2.24, 2.45) is 0 Å². The van der Waals surface area contributed by atoms with Crippen molar-refractivity contribution < 1.29 is 4.42 Å². The fraction of sp³-hybridized carbons (Fsp3) is 0.0455. The van der Waals surface area contributed by atoms with Gasteiger partial charge in [-0.05, 0) is 35.4 Å². The Bertz CT molecular complexity index is 1280. The third kappa shape index (κ3) is 1.48. The topological polar surface area (TPSA) is 26.0 Å². The van der Waals surface area contributed by atoms with Gasteiger partial charge in [0, 0.05) is 28.1 Å². The largest absolute Gasteiger partial charge is 0.456 e. The lowest BCUT2D eigenvalue weighted by Crippen LogP contribution is -1.94. The molecular weight excluding hydrogens is 294 g/mol. The van der Waals surface area contributed by atoms with E-state index in [1.54, 1.807) is 0 Å². The molecule has 112 valence electrons. The number of pyridine rings is 1. The first-order valence-electron chi connectivity index (χ1n) is 8.21. The summed E-state index contributed by atoms with van der Waals surface area (Å²) in [5.74, 6) is 0. The molecule has 0 saturated carbocycles. The second-order valence-corrected chi connectivity index (χ2v) is 6.44. The normalized spacial score (nSPS) is 12.8. The molecule has 0 saturated heterocycles. The number of hydrogen-bond acceptors (Lipinski definition) is 2. The second kappa shape index (κ2) is 4.24. The molecule has 0 fully saturated rings. The van der Waals surface area contributed by atoms with Crippen LogP contribution in [-0.4, -0.2) is 4.98 Å². The number of aromatic nitrogens is 1. The van der Waals surface area contributed by atoms with Crippen LogP contribution in [-0.2, 0) is 6.42 Å². The molecule has 6 rings (SSSR count). The summed E-state index contributed by atoms with van der Waals surface area (Å²) >= 11 is 0. The van der Waals surface area contributed by atoms with Crippen molar-refractivity contribution in [2.45, 2.75) is 6.42 Å². The Morgan fingerprint density at radius 1 is 0.750 bits per heavy atom. The highest BCUT2D eigenvalue weighted by Crippen LogP contribution is 2.42. The summed E-state index contributed by atoms with van der Waals surface area (Å²) in [6.45, 7) is 0. The van der Waals surface area contributed by atoms with E-state index in [2.05, 4.69) is 60.7 Å². The van der Waals surface area contributed by atoms with Gasteiger partial charge in [-0.2, -0.15) is 0 Å². The lowest BCUT2D eigenvalue weighted by atomic mass is 10.0. The molecule has 0 aliphatic heterocycles. The quantitative estimate of drug-likeness (QED) is 0.359. The van der Waals surface area contributed by atoms with Gasteiger partial charge in [0.25, 0.3) is 0 Å². The van der Waals surface area contributed by atoms with Crippen molar-refractivity contribution in [3.05, 3.63) is 77.9 Å². The molecule has 5 aromatic rings. The summed E-state index contributed by atoms with van der Waals surface area (Å²) in [5, 5.41) is 3.64. The van der Waals surface area contributed by atoms with Gasteiger partial charge in [0.05, 0.1) is 11.2 Å².